The highest BCUT2D eigenvalue weighted by atomic mass is 35.5. The van der Waals surface area contributed by atoms with E-state index in [0.29, 0.717) is 23.7 Å². The molecule has 21 heavy (non-hydrogen) atoms. The Kier molecular flexibility index (Phi) is 5.70. The van der Waals surface area contributed by atoms with Gasteiger partial charge >= 0.3 is 0 Å². The number of benzene rings is 1. The Bertz CT molecular complexity index is 488. The van der Waals surface area contributed by atoms with Gasteiger partial charge in [-0.3, -0.25) is 4.79 Å². The smallest absolute Gasteiger partial charge is 0.224 e. The third-order valence-corrected chi connectivity index (χ3v) is 3.97. The second-order valence-electron chi connectivity index (χ2n) is 5.21. The standard InChI is InChI=1S/C15H22ClN3O2/c1-18-7-9-19(10-8-18)15(20)5-6-17-12-3-4-14(21-2)13(16)11-12/h3-4,11,17H,5-10H2,1-2H3. The Labute approximate surface area is 130 Å². The molecule has 2 rings (SSSR count). The van der Waals surface area contributed by atoms with Crippen molar-refractivity contribution in [1.82, 2.24) is 9.80 Å². The van der Waals surface area contributed by atoms with Gasteiger partial charge in [0.25, 0.3) is 0 Å². The first kappa shape index (κ1) is 15.9. The predicted molar refractivity (Wildman–Crippen MR) is 85.2 cm³/mol. The van der Waals surface area contributed by atoms with Crippen LogP contribution in [0.25, 0.3) is 0 Å². The van der Waals surface area contributed by atoms with E-state index in [1.54, 1.807) is 13.2 Å². The molecule has 0 aromatic heterocycles. The fraction of sp³-hybridized carbons (Fsp3) is 0.533. The number of carbonyl (C=O) groups is 1. The summed E-state index contributed by atoms with van der Waals surface area (Å²) < 4.78 is 5.11. The molecule has 0 radical (unpaired) electrons. The number of anilines is 1. The molecular formula is C15H22ClN3O2. The number of likely N-dealkylation sites (N-methyl/N-ethyl adjacent to an activating group) is 1. The second kappa shape index (κ2) is 7.52. The van der Waals surface area contributed by atoms with E-state index in [-0.39, 0.29) is 5.91 Å². The summed E-state index contributed by atoms with van der Waals surface area (Å²) in [5.41, 5.74) is 0.895. The number of halogens is 1. The summed E-state index contributed by atoms with van der Waals surface area (Å²) in [6.45, 7) is 4.15. The van der Waals surface area contributed by atoms with E-state index in [2.05, 4.69) is 17.3 Å². The van der Waals surface area contributed by atoms with Crippen molar-refractivity contribution in [2.45, 2.75) is 6.42 Å². The van der Waals surface area contributed by atoms with Crippen molar-refractivity contribution in [1.29, 1.82) is 0 Å². The number of piperazine rings is 1. The highest BCUT2D eigenvalue weighted by molar-refractivity contribution is 6.32. The fourth-order valence-corrected chi connectivity index (χ4v) is 2.56. The second-order valence-corrected chi connectivity index (χ2v) is 5.62. The van der Waals surface area contributed by atoms with Crippen LogP contribution in [0.2, 0.25) is 5.02 Å². The Morgan fingerprint density at radius 2 is 2.05 bits per heavy atom. The van der Waals surface area contributed by atoms with Gasteiger partial charge in [0.05, 0.1) is 12.1 Å². The normalized spacial score (nSPS) is 15.9. The van der Waals surface area contributed by atoms with Gasteiger partial charge in [-0.15, -0.1) is 0 Å². The zero-order chi connectivity index (χ0) is 15.2. The molecule has 1 fully saturated rings. The van der Waals surface area contributed by atoms with E-state index in [0.717, 1.165) is 31.9 Å². The van der Waals surface area contributed by atoms with Crippen LogP contribution in [0.4, 0.5) is 5.69 Å². The molecule has 1 aliphatic heterocycles. The topological polar surface area (TPSA) is 44.8 Å². The van der Waals surface area contributed by atoms with Crippen LogP contribution in [0.5, 0.6) is 5.75 Å². The van der Waals surface area contributed by atoms with Crippen LogP contribution in [-0.2, 0) is 4.79 Å². The molecule has 6 heteroatoms. The van der Waals surface area contributed by atoms with Crippen LogP contribution in [-0.4, -0.2) is 62.6 Å². The number of nitrogens with zero attached hydrogens (tertiary/aromatic N) is 2. The minimum absolute atomic E-state index is 0.204. The number of amides is 1. The van der Waals surface area contributed by atoms with E-state index >= 15 is 0 Å². The maximum atomic E-state index is 12.1. The van der Waals surface area contributed by atoms with Crippen molar-refractivity contribution >= 4 is 23.2 Å². The molecule has 1 aliphatic rings. The zero-order valence-corrected chi connectivity index (χ0v) is 13.3. The van der Waals surface area contributed by atoms with Crippen LogP contribution in [0, 0.1) is 0 Å². The lowest BCUT2D eigenvalue weighted by Crippen LogP contribution is -2.47. The first-order chi connectivity index (χ1) is 10.1. The SMILES string of the molecule is COc1ccc(NCCC(=O)N2CCN(C)CC2)cc1Cl. The summed E-state index contributed by atoms with van der Waals surface area (Å²) in [5.74, 6) is 0.853. The molecule has 0 spiro atoms. The molecule has 5 nitrogen and oxygen atoms in total. The number of hydrogen-bond acceptors (Lipinski definition) is 4. The van der Waals surface area contributed by atoms with Crippen LogP contribution in [0.3, 0.4) is 0 Å². The number of hydrogen-bond donors (Lipinski definition) is 1. The number of rotatable bonds is 5. The van der Waals surface area contributed by atoms with E-state index in [9.17, 15) is 4.79 Å². The summed E-state index contributed by atoms with van der Waals surface area (Å²) in [7, 11) is 3.67. The Morgan fingerprint density at radius 1 is 1.33 bits per heavy atom. The van der Waals surface area contributed by atoms with E-state index in [1.807, 2.05) is 17.0 Å². The summed E-state index contributed by atoms with van der Waals surface area (Å²) in [6, 6.07) is 5.51. The van der Waals surface area contributed by atoms with Gasteiger partial charge < -0.3 is 19.9 Å². The molecule has 1 aromatic carbocycles. The minimum Gasteiger partial charge on any atom is -0.495 e. The summed E-state index contributed by atoms with van der Waals surface area (Å²) in [6.07, 6.45) is 0.493. The Balaban J connectivity index is 1.76. The minimum atomic E-state index is 0.204. The molecule has 1 heterocycles. The fourth-order valence-electron chi connectivity index (χ4n) is 2.30. The largest absolute Gasteiger partial charge is 0.495 e. The van der Waals surface area contributed by atoms with Gasteiger partial charge in [-0.2, -0.15) is 0 Å². The van der Waals surface area contributed by atoms with E-state index in [1.165, 1.54) is 0 Å². The number of methoxy groups -OCH3 is 1. The van der Waals surface area contributed by atoms with Gasteiger partial charge in [0.1, 0.15) is 5.75 Å². The van der Waals surface area contributed by atoms with Crippen molar-refractivity contribution < 1.29 is 9.53 Å². The lowest BCUT2D eigenvalue weighted by molar-refractivity contribution is -0.132. The Morgan fingerprint density at radius 3 is 2.67 bits per heavy atom. The van der Waals surface area contributed by atoms with E-state index < -0.39 is 0 Å². The van der Waals surface area contributed by atoms with Crippen LogP contribution in [0.1, 0.15) is 6.42 Å². The third-order valence-electron chi connectivity index (χ3n) is 3.68. The average Bonchev–Trinajstić information content (AvgIpc) is 2.48. The number of carbonyl (C=O) groups excluding carboxylic acids is 1. The quantitative estimate of drug-likeness (QED) is 0.902. The van der Waals surface area contributed by atoms with E-state index in [4.69, 9.17) is 16.3 Å². The molecule has 0 bridgehead atoms. The van der Waals surface area contributed by atoms with Crippen molar-refractivity contribution in [3.63, 3.8) is 0 Å². The van der Waals surface area contributed by atoms with Gasteiger partial charge in [0.2, 0.25) is 5.91 Å². The monoisotopic (exact) mass is 311 g/mol. The van der Waals surface area contributed by atoms with Crippen LogP contribution < -0.4 is 10.1 Å². The Hall–Kier alpha value is -1.46. The maximum absolute atomic E-state index is 12.1. The van der Waals surface area contributed by atoms with Gasteiger partial charge in [0, 0.05) is 44.8 Å². The van der Waals surface area contributed by atoms with Crippen molar-refractivity contribution in [2.24, 2.45) is 0 Å². The zero-order valence-electron chi connectivity index (χ0n) is 12.6. The number of nitrogens with one attached hydrogen (secondary N) is 1. The molecule has 1 N–H and O–H groups in total. The molecule has 1 amide bonds. The van der Waals surface area contributed by atoms with Crippen LogP contribution >= 0.6 is 11.6 Å². The summed E-state index contributed by atoms with van der Waals surface area (Å²) in [4.78, 5) is 16.3. The highest BCUT2D eigenvalue weighted by Crippen LogP contribution is 2.27. The molecule has 1 aromatic rings. The van der Waals surface area contributed by atoms with Crippen LogP contribution in [0.15, 0.2) is 18.2 Å². The first-order valence-electron chi connectivity index (χ1n) is 7.14. The predicted octanol–water partition coefficient (Wildman–Crippen LogP) is 1.92. The molecule has 0 aliphatic carbocycles. The van der Waals surface area contributed by atoms with Gasteiger partial charge in [-0.05, 0) is 25.2 Å². The maximum Gasteiger partial charge on any atom is 0.224 e. The lowest BCUT2D eigenvalue weighted by atomic mass is 10.2. The highest BCUT2D eigenvalue weighted by Gasteiger charge is 2.18. The number of ether oxygens (including phenoxy) is 1. The van der Waals surface area contributed by atoms with Crippen molar-refractivity contribution in [3.05, 3.63) is 23.2 Å². The molecule has 0 unspecified atom stereocenters. The third kappa shape index (κ3) is 4.51. The summed E-state index contributed by atoms with van der Waals surface area (Å²) >= 11 is 6.06. The molecule has 0 saturated carbocycles. The van der Waals surface area contributed by atoms with Gasteiger partial charge in [0.15, 0.2) is 0 Å². The molecule has 0 atom stereocenters. The van der Waals surface area contributed by atoms with Gasteiger partial charge in [-0.25, -0.2) is 0 Å². The summed E-state index contributed by atoms with van der Waals surface area (Å²) in [5, 5.41) is 3.78. The van der Waals surface area contributed by atoms with Gasteiger partial charge in [-0.1, -0.05) is 11.6 Å². The lowest BCUT2D eigenvalue weighted by Gasteiger charge is -2.32. The molecule has 116 valence electrons. The van der Waals surface area contributed by atoms with Crippen molar-refractivity contribution in [2.75, 3.05) is 52.2 Å². The molecule has 1 saturated heterocycles. The first-order valence-corrected chi connectivity index (χ1v) is 7.51. The average molecular weight is 312 g/mol. The van der Waals surface area contributed by atoms with Crippen molar-refractivity contribution in [3.8, 4) is 5.75 Å². The molecular weight excluding hydrogens is 290 g/mol.